The van der Waals surface area contributed by atoms with Crippen molar-refractivity contribution in [2.24, 2.45) is 11.8 Å². The lowest BCUT2D eigenvalue weighted by molar-refractivity contribution is 0.0575. The van der Waals surface area contributed by atoms with Crippen LogP contribution >= 0.6 is 0 Å². The van der Waals surface area contributed by atoms with E-state index in [-0.39, 0.29) is 0 Å². The van der Waals surface area contributed by atoms with Gasteiger partial charge in [0.1, 0.15) is 18.0 Å². The summed E-state index contributed by atoms with van der Waals surface area (Å²) in [4.78, 5) is 13.4. The number of aromatic nitrogens is 2. The molecular formula is C18H30N4O2. The van der Waals surface area contributed by atoms with Gasteiger partial charge in [-0.1, -0.05) is 0 Å². The Kier molecular flexibility index (Phi) is 6.26. The fourth-order valence-electron chi connectivity index (χ4n) is 3.62. The van der Waals surface area contributed by atoms with Crippen LogP contribution in [0.1, 0.15) is 25.7 Å². The molecule has 24 heavy (non-hydrogen) atoms. The zero-order valence-electron chi connectivity index (χ0n) is 15.0. The van der Waals surface area contributed by atoms with Crippen molar-refractivity contribution in [2.45, 2.75) is 25.7 Å². The van der Waals surface area contributed by atoms with Gasteiger partial charge >= 0.3 is 0 Å². The maximum atomic E-state index is 5.59. The molecule has 0 spiro atoms. The van der Waals surface area contributed by atoms with E-state index in [0.29, 0.717) is 11.8 Å². The molecule has 0 radical (unpaired) electrons. The zero-order chi connectivity index (χ0) is 16.8. The minimum absolute atomic E-state index is 0.597. The highest BCUT2D eigenvalue weighted by Crippen LogP contribution is 2.22. The van der Waals surface area contributed by atoms with E-state index in [9.17, 15) is 0 Å². The average Bonchev–Trinajstić information content (AvgIpc) is 2.63. The summed E-state index contributed by atoms with van der Waals surface area (Å²) in [5.74, 6) is 3.16. The third kappa shape index (κ3) is 4.80. The lowest BCUT2D eigenvalue weighted by atomic mass is 10.0. The molecule has 0 N–H and O–H groups in total. The van der Waals surface area contributed by atoms with Crippen LogP contribution in [0.2, 0.25) is 0 Å². The quantitative estimate of drug-likeness (QED) is 0.795. The van der Waals surface area contributed by atoms with Crippen molar-refractivity contribution in [3.05, 3.63) is 12.4 Å². The van der Waals surface area contributed by atoms with E-state index in [0.717, 1.165) is 51.2 Å². The van der Waals surface area contributed by atoms with E-state index in [4.69, 9.17) is 9.47 Å². The second-order valence-corrected chi connectivity index (χ2v) is 7.16. The summed E-state index contributed by atoms with van der Waals surface area (Å²) in [7, 11) is 4.21. The Labute approximate surface area is 145 Å². The van der Waals surface area contributed by atoms with Crippen molar-refractivity contribution >= 4 is 11.6 Å². The predicted molar refractivity (Wildman–Crippen MR) is 95.7 cm³/mol. The maximum absolute atomic E-state index is 5.59. The van der Waals surface area contributed by atoms with Crippen molar-refractivity contribution in [3.8, 4) is 0 Å². The minimum atomic E-state index is 0.597. The van der Waals surface area contributed by atoms with Crippen LogP contribution in [0, 0.1) is 11.8 Å². The first-order valence-electron chi connectivity index (χ1n) is 9.12. The summed E-state index contributed by atoms with van der Waals surface area (Å²) in [5, 5.41) is 0. The minimum Gasteiger partial charge on any atom is -0.381 e. The van der Waals surface area contributed by atoms with E-state index in [1.54, 1.807) is 6.33 Å². The molecule has 2 aliphatic rings. The fraction of sp³-hybridized carbons (Fsp3) is 0.778. The van der Waals surface area contributed by atoms with Crippen LogP contribution < -0.4 is 9.80 Å². The Morgan fingerprint density at radius 3 is 1.83 bits per heavy atom. The monoisotopic (exact) mass is 334 g/mol. The average molecular weight is 334 g/mol. The summed E-state index contributed by atoms with van der Waals surface area (Å²) in [6, 6.07) is 2.09. The van der Waals surface area contributed by atoms with Gasteiger partial charge in [0, 0.05) is 46.5 Å². The number of nitrogens with zero attached hydrogens (tertiary/aromatic N) is 4. The number of ether oxygens (including phenoxy) is 2. The molecule has 6 nitrogen and oxygen atoms in total. The third-order valence-corrected chi connectivity index (χ3v) is 4.99. The summed E-state index contributed by atoms with van der Waals surface area (Å²) in [5.41, 5.74) is 0. The first-order chi connectivity index (χ1) is 11.7. The Hall–Kier alpha value is -1.40. The standard InChI is InChI=1S/C18H30N4O2/c1-21(10-15-5-3-7-23-12-15)17-9-18(20-14-19-17)22(2)11-16-6-4-8-24-13-16/h9,14-16H,3-8,10-13H2,1-2H3/t15-,16-/m1/s1. The summed E-state index contributed by atoms with van der Waals surface area (Å²) in [6.45, 7) is 5.52. The lowest BCUT2D eigenvalue weighted by Crippen LogP contribution is -2.33. The number of anilines is 2. The van der Waals surface area contributed by atoms with E-state index in [1.807, 2.05) is 0 Å². The molecule has 3 heterocycles. The molecule has 1 aromatic rings. The molecule has 0 unspecified atom stereocenters. The van der Waals surface area contributed by atoms with Gasteiger partial charge in [-0.25, -0.2) is 9.97 Å². The van der Waals surface area contributed by atoms with Gasteiger partial charge in [-0.3, -0.25) is 0 Å². The molecular weight excluding hydrogens is 304 g/mol. The van der Waals surface area contributed by atoms with Crippen LogP contribution in [0.5, 0.6) is 0 Å². The molecule has 0 amide bonds. The van der Waals surface area contributed by atoms with E-state index >= 15 is 0 Å². The van der Waals surface area contributed by atoms with E-state index in [1.165, 1.54) is 25.7 Å². The number of hydrogen-bond acceptors (Lipinski definition) is 6. The first kappa shape index (κ1) is 17.4. The smallest absolute Gasteiger partial charge is 0.133 e. The number of rotatable bonds is 6. The molecule has 6 heteroatoms. The largest absolute Gasteiger partial charge is 0.381 e. The lowest BCUT2D eigenvalue weighted by Gasteiger charge is -2.29. The SMILES string of the molecule is CN(C[C@H]1CCCOC1)c1cc(N(C)C[C@H]2CCCOC2)ncn1. The van der Waals surface area contributed by atoms with Gasteiger partial charge in [0.2, 0.25) is 0 Å². The van der Waals surface area contributed by atoms with Crippen LogP contribution in [0.3, 0.4) is 0 Å². The predicted octanol–water partition coefficient (Wildman–Crippen LogP) is 2.20. The number of hydrogen-bond donors (Lipinski definition) is 0. The molecule has 134 valence electrons. The van der Waals surface area contributed by atoms with Crippen molar-refractivity contribution < 1.29 is 9.47 Å². The molecule has 1 aromatic heterocycles. The Morgan fingerprint density at radius 1 is 0.917 bits per heavy atom. The van der Waals surface area contributed by atoms with Crippen LogP contribution in [-0.2, 0) is 9.47 Å². The third-order valence-electron chi connectivity index (χ3n) is 4.99. The summed E-state index contributed by atoms with van der Waals surface area (Å²) >= 11 is 0. The first-order valence-corrected chi connectivity index (χ1v) is 9.12. The van der Waals surface area contributed by atoms with Gasteiger partial charge in [-0.05, 0) is 37.5 Å². The van der Waals surface area contributed by atoms with Gasteiger partial charge in [-0.15, -0.1) is 0 Å². The van der Waals surface area contributed by atoms with Crippen LogP contribution in [0.15, 0.2) is 12.4 Å². The molecule has 0 aromatic carbocycles. The Morgan fingerprint density at radius 2 is 1.42 bits per heavy atom. The van der Waals surface area contributed by atoms with Gasteiger partial charge in [0.15, 0.2) is 0 Å². The van der Waals surface area contributed by atoms with Crippen LogP contribution in [0.4, 0.5) is 11.6 Å². The van der Waals surface area contributed by atoms with E-state index < -0.39 is 0 Å². The fourth-order valence-corrected chi connectivity index (χ4v) is 3.62. The Bertz CT molecular complexity index is 460. The second-order valence-electron chi connectivity index (χ2n) is 7.16. The summed E-state index contributed by atoms with van der Waals surface area (Å²) < 4.78 is 11.2. The molecule has 3 rings (SSSR count). The topological polar surface area (TPSA) is 50.7 Å². The molecule has 2 saturated heterocycles. The molecule has 2 fully saturated rings. The van der Waals surface area contributed by atoms with Gasteiger partial charge in [-0.2, -0.15) is 0 Å². The zero-order valence-corrected chi connectivity index (χ0v) is 15.0. The Balaban J connectivity index is 1.57. The van der Waals surface area contributed by atoms with Crippen LogP contribution in [-0.4, -0.2) is 63.6 Å². The van der Waals surface area contributed by atoms with Crippen LogP contribution in [0.25, 0.3) is 0 Å². The highest BCUT2D eigenvalue weighted by Gasteiger charge is 2.19. The van der Waals surface area contributed by atoms with Gasteiger partial charge in [0.05, 0.1) is 13.2 Å². The normalized spacial score (nSPS) is 24.6. The van der Waals surface area contributed by atoms with Crippen molar-refractivity contribution in [3.63, 3.8) is 0 Å². The highest BCUT2D eigenvalue weighted by atomic mass is 16.5. The molecule has 0 saturated carbocycles. The van der Waals surface area contributed by atoms with Crippen molar-refractivity contribution in [2.75, 3.05) is 63.4 Å². The molecule has 0 bridgehead atoms. The second kappa shape index (κ2) is 8.62. The van der Waals surface area contributed by atoms with Crippen molar-refractivity contribution in [1.29, 1.82) is 0 Å². The van der Waals surface area contributed by atoms with E-state index in [2.05, 4.69) is 39.9 Å². The molecule has 2 aliphatic heterocycles. The molecule has 2 atom stereocenters. The van der Waals surface area contributed by atoms with Crippen molar-refractivity contribution in [1.82, 2.24) is 9.97 Å². The maximum Gasteiger partial charge on any atom is 0.133 e. The molecule has 0 aliphatic carbocycles. The highest BCUT2D eigenvalue weighted by molar-refractivity contribution is 5.49. The van der Waals surface area contributed by atoms with Gasteiger partial charge in [0.25, 0.3) is 0 Å². The summed E-state index contributed by atoms with van der Waals surface area (Å²) in [6.07, 6.45) is 6.49. The van der Waals surface area contributed by atoms with Gasteiger partial charge < -0.3 is 19.3 Å².